The Balaban J connectivity index is 0.000000980. The van der Waals surface area contributed by atoms with Crippen LogP contribution in [0.4, 0.5) is 0 Å². The van der Waals surface area contributed by atoms with Crippen LogP contribution < -0.4 is 0 Å². The molecular formula is C11H11IrN2-. The van der Waals surface area contributed by atoms with Crippen LogP contribution in [0.2, 0.25) is 0 Å². The number of aromatic nitrogens is 2. The van der Waals surface area contributed by atoms with Crippen LogP contribution in [0.3, 0.4) is 0 Å². The van der Waals surface area contributed by atoms with Gasteiger partial charge < -0.3 is 4.57 Å². The zero-order valence-electron chi connectivity index (χ0n) is 8.11. The van der Waals surface area contributed by atoms with Crippen molar-refractivity contribution in [3.8, 4) is 11.3 Å². The second-order valence-electron chi connectivity index (χ2n) is 3.06. The summed E-state index contributed by atoms with van der Waals surface area (Å²) < 4.78 is 2.01. The molecule has 1 aromatic heterocycles. The van der Waals surface area contributed by atoms with Crippen molar-refractivity contribution < 1.29 is 20.1 Å². The van der Waals surface area contributed by atoms with Crippen molar-refractivity contribution >= 4 is 0 Å². The summed E-state index contributed by atoms with van der Waals surface area (Å²) in [5.74, 6) is 1.02. The van der Waals surface area contributed by atoms with Crippen molar-refractivity contribution in [2.75, 3.05) is 0 Å². The molecule has 0 N–H and O–H groups in total. The zero-order chi connectivity index (χ0) is 9.26. The van der Waals surface area contributed by atoms with Gasteiger partial charge in [-0.05, 0) is 13.1 Å². The van der Waals surface area contributed by atoms with Crippen LogP contribution in [-0.2, 0) is 27.2 Å². The van der Waals surface area contributed by atoms with Crippen LogP contribution in [-0.4, -0.2) is 9.55 Å². The third-order valence-corrected chi connectivity index (χ3v) is 2.09. The van der Waals surface area contributed by atoms with E-state index < -0.39 is 0 Å². The van der Waals surface area contributed by atoms with E-state index in [0.717, 1.165) is 17.1 Å². The van der Waals surface area contributed by atoms with E-state index in [-0.39, 0.29) is 20.1 Å². The van der Waals surface area contributed by atoms with Gasteiger partial charge in [0.2, 0.25) is 0 Å². The standard InChI is InChI=1S/C11H11N2.Ir/c1-9-12-11(8-13(9)2)10-6-4-3-5-7-10;/h3-6,8H,1-2H3;/q-1;. The largest absolute Gasteiger partial charge is 0.347 e. The van der Waals surface area contributed by atoms with E-state index >= 15 is 0 Å². The molecule has 2 rings (SSSR count). The minimum Gasteiger partial charge on any atom is -0.347 e. The minimum atomic E-state index is 0. The summed E-state index contributed by atoms with van der Waals surface area (Å²) in [5, 5.41) is 0. The molecule has 0 aliphatic heterocycles. The first-order valence-electron chi connectivity index (χ1n) is 4.24. The first-order valence-corrected chi connectivity index (χ1v) is 4.24. The molecule has 75 valence electrons. The molecule has 14 heavy (non-hydrogen) atoms. The van der Waals surface area contributed by atoms with Crippen LogP contribution in [0.5, 0.6) is 0 Å². The minimum absolute atomic E-state index is 0. The average Bonchev–Trinajstić information content (AvgIpc) is 2.49. The summed E-state index contributed by atoms with van der Waals surface area (Å²) in [4.78, 5) is 4.41. The third kappa shape index (κ3) is 2.11. The summed E-state index contributed by atoms with van der Waals surface area (Å²) in [6.45, 7) is 1.99. The van der Waals surface area contributed by atoms with Crippen molar-refractivity contribution in [1.82, 2.24) is 9.55 Å². The summed E-state index contributed by atoms with van der Waals surface area (Å²) in [5.41, 5.74) is 2.03. The third-order valence-electron chi connectivity index (χ3n) is 2.09. The quantitative estimate of drug-likeness (QED) is 0.711. The van der Waals surface area contributed by atoms with Crippen LogP contribution in [0, 0.1) is 13.0 Å². The van der Waals surface area contributed by atoms with Gasteiger partial charge in [-0.1, -0.05) is 0 Å². The number of nitrogens with zero attached hydrogens (tertiary/aromatic N) is 2. The van der Waals surface area contributed by atoms with Crippen molar-refractivity contribution in [2.24, 2.45) is 7.05 Å². The molecule has 2 aromatic rings. The first-order chi connectivity index (χ1) is 6.27. The van der Waals surface area contributed by atoms with E-state index in [1.165, 1.54) is 0 Å². The van der Waals surface area contributed by atoms with Gasteiger partial charge in [-0.25, -0.2) is 0 Å². The number of benzene rings is 1. The molecule has 0 saturated heterocycles. The Hall–Kier alpha value is -0.921. The van der Waals surface area contributed by atoms with E-state index in [4.69, 9.17) is 0 Å². The summed E-state index contributed by atoms with van der Waals surface area (Å²) in [6, 6.07) is 11.0. The average molecular weight is 363 g/mol. The van der Waals surface area contributed by atoms with Gasteiger partial charge in [0.1, 0.15) is 0 Å². The van der Waals surface area contributed by atoms with Crippen molar-refractivity contribution in [3.63, 3.8) is 0 Å². The van der Waals surface area contributed by atoms with Crippen LogP contribution >= 0.6 is 0 Å². The maximum Gasteiger partial charge on any atom is 0.0943 e. The van der Waals surface area contributed by atoms with E-state index in [2.05, 4.69) is 11.1 Å². The Morgan fingerprint density at radius 2 is 2.14 bits per heavy atom. The molecule has 1 radical (unpaired) electrons. The molecule has 0 spiro atoms. The Labute approximate surface area is 97.3 Å². The predicted octanol–water partition coefficient (Wildman–Crippen LogP) is 2.19. The number of hydrogen-bond acceptors (Lipinski definition) is 1. The number of hydrogen-bond donors (Lipinski definition) is 0. The molecule has 2 nitrogen and oxygen atoms in total. The molecule has 0 bridgehead atoms. The molecule has 1 aromatic carbocycles. The number of imidazole rings is 1. The van der Waals surface area contributed by atoms with Crippen molar-refractivity contribution in [2.45, 2.75) is 6.92 Å². The summed E-state index contributed by atoms with van der Waals surface area (Å²) in [6.07, 6.45) is 2.02. The number of rotatable bonds is 1. The molecule has 0 saturated carbocycles. The van der Waals surface area contributed by atoms with Gasteiger partial charge in [0.15, 0.2) is 0 Å². The van der Waals surface area contributed by atoms with Crippen LogP contribution in [0.1, 0.15) is 5.82 Å². The fourth-order valence-electron chi connectivity index (χ4n) is 1.24. The molecule has 0 unspecified atom stereocenters. The molecule has 0 aliphatic carbocycles. The molecular weight excluding hydrogens is 352 g/mol. The Morgan fingerprint density at radius 3 is 2.64 bits per heavy atom. The summed E-state index contributed by atoms with van der Waals surface area (Å²) in [7, 11) is 1.99. The second-order valence-corrected chi connectivity index (χ2v) is 3.06. The molecule has 3 heteroatoms. The summed E-state index contributed by atoms with van der Waals surface area (Å²) >= 11 is 0. The van der Waals surface area contributed by atoms with E-state index in [0.29, 0.717) is 0 Å². The molecule has 0 aliphatic rings. The van der Waals surface area contributed by atoms with E-state index in [9.17, 15) is 0 Å². The maximum absolute atomic E-state index is 4.41. The second kappa shape index (κ2) is 4.54. The van der Waals surface area contributed by atoms with E-state index in [1.54, 1.807) is 0 Å². The SMILES string of the molecule is Cc1nc(-c2[c-]cccc2)cn1C.[Ir]. The molecule has 0 amide bonds. The topological polar surface area (TPSA) is 17.8 Å². The molecule has 0 fully saturated rings. The fraction of sp³-hybridized carbons (Fsp3) is 0.182. The normalized spacial score (nSPS) is 9.57. The molecule has 1 heterocycles. The van der Waals surface area contributed by atoms with Gasteiger partial charge in [-0.3, -0.25) is 4.98 Å². The number of aryl methyl sites for hydroxylation is 2. The fourth-order valence-corrected chi connectivity index (χ4v) is 1.24. The van der Waals surface area contributed by atoms with Gasteiger partial charge in [-0.2, -0.15) is 0 Å². The Morgan fingerprint density at radius 1 is 1.36 bits per heavy atom. The van der Waals surface area contributed by atoms with Gasteiger partial charge in [0.05, 0.1) is 5.82 Å². The van der Waals surface area contributed by atoms with Crippen LogP contribution in [0.15, 0.2) is 30.5 Å². The van der Waals surface area contributed by atoms with Crippen LogP contribution in [0.25, 0.3) is 11.3 Å². The predicted molar refractivity (Wildman–Crippen MR) is 52.2 cm³/mol. The smallest absolute Gasteiger partial charge is 0.0943 e. The monoisotopic (exact) mass is 364 g/mol. The maximum atomic E-state index is 4.41. The Kier molecular flexibility index (Phi) is 3.61. The first kappa shape index (κ1) is 11.2. The molecule has 0 atom stereocenters. The Bertz CT molecular complexity index is 387. The zero-order valence-corrected chi connectivity index (χ0v) is 10.5. The van der Waals surface area contributed by atoms with Gasteiger partial charge in [0, 0.05) is 32.8 Å². The van der Waals surface area contributed by atoms with Gasteiger partial charge in [0.25, 0.3) is 0 Å². The van der Waals surface area contributed by atoms with Crippen molar-refractivity contribution in [3.05, 3.63) is 42.4 Å². The van der Waals surface area contributed by atoms with Gasteiger partial charge >= 0.3 is 0 Å². The van der Waals surface area contributed by atoms with E-state index in [1.807, 2.05) is 49.0 Å². The van der Waals surface area contributed by atoms with Gasteiger partial charge in [-0.15, -0.1) is 35.9 Å². The van der Waals surface area contributed by atoms with Crippen molar-refractivity contribution in [1.29, 1.82) is 0 Å².